The fourth-order valence-electron chi connectivity index (χ4n) is 5.87. The highest BCUT2D eigenvalue weighted by atomic mass is 16.2. The van der Waals surface area contributed by atoms with Gasteiger partial charge >= 0.3 is 0 Å². The van der Waals surface area contributed by atoms with Crippen molar-refractivity contribution in [2.24, 2.45) is 7.05 Å². The molecule has 4 aromatic heterocycles. The fraction of sp³-hybridized carbons (Fsp3) is 0.278. The Morgan fingerprint density at radius 2 is 1.79 bits per heavy atom. The lowest BCUT2D eigenvalue weighted by Crippen LogP contribution is -2.33. The summed E-state index contributed by atoms with van der Waals surface area (Å²) in [6, 6.07) is 15.9. The molecule has 0 spiro atoms. The minimum atomic E-state index is -0.642. The molecule has 0 saturated carbocycles. The molecule has 11 nitrogen and oxygen atoms in total. The smallest absolute Gasteiger partial charge is 0.267 e. The van der Waals surface area contributed by atoms with Gasteiger partial charge in [-0.15, -0.1) is 0 Å². The van der Waals surface area contributed by atoms with Gasteiger partial charge in [0.1, 0.15) is 11.4 Å². The van der Waals surface area contributed by atoms with Crippen LogP contribution in [0, 0.1) is 18.8 Å². The Bertz CT molecular complexity index is 2200. The van der Waals surface area contributed by atoms with E-state index in [0.29, 0.717) is 44.9 Å². The summed E-state index contributed by atoms with van der Waals surface area (Å²) in [6.45, 7) is 10.8. The van der Waals surface area contributed by atoms with Crippen molar-refractivity contribution in [2.45, 2.75) is 40.2 Å². The number of benzene rings is 2. The average Bonchev–Trinajstić information content (AvgIpc) is 3.61. The second kappa shape index (κ2) is 13.4. The van der Waals surface area contributed by atoms with E-state index in [1.165, 1.54) is 0 Å². The minimum absolute atomic E-state index is 0.274. The number of nitrogens with one attached hydrogen (secondary N) is 1. The number of aromatic nitrogens is 7. The Hall–Kier alpha value is -5.60. The van der Waals surface area contributed by atoms with E-state index in [4.69, 9.17) is 4.98 Å². The Balaban J connectivity index is 1.42. The van der Waals surface area contributed by atoms with Gasteiger partial charge in [0, 0.05) is 38.0 Å². The molecule has 0 saturated heterocycles. The zero-order chi connectivity index (χ0) is 33.1. The molecule has 0 radical (unpaired) electrons. The van der Waals surface area contributed by atoms with Crippen LogP contribution in [0.15, 0.2) is 78.0 Å². The molecule has 0 aliphatic carbocycles. The van der Waals surface area contributed by atoms with Gasteiger partial charge in [0.15, 0.2) is 5.65 Å². The predicted molar refractivity (Wildman–Crippen MR) is 182 cm³/mol. The molecule has 238 valence electrons. The quantitative estimate of drug-likeness (QED) is 0.239. The molecule has 0 bridgehead atoms. The maximum Gasteiger partial charge on any atom is 0.267 e. The van der Waals surface area contributed by atoms with E-state index in [0.717, 1.165) is 37.3 Å². The third-order valence-corrected chi connectivity index (χ3v) is 8.42. The Kier molecular flexibility index (Phi) is 8.95. The topological polar surface area (TPSA) is 115 Å². The van der Waals surface area contributed by atoms with E-state index < -0.39 is 6.04 Å². The van der Waals surface area contributed by atoms with E-state index in [-0.39, 0.29) is 11.5 Å². The summed E-state index contributed by atoms with van der Waals surface area (Å²) in [6.07, 6.45) is 5.96. The summed E-state index contributed by atoms with van der Waals surface area (Å²) in [7, 11) is 1.93. The summed E-state index contributed by atoms with van der Waals surface area (Å²) in [4.78, 5) is 39.7. The summed E-state index contributed by atoms with van der Waals surface area (Å²) in [5, 5.41) is 12.3. The summed E-state index contributed by atoms with van der Waals surface area (Å²) < 4.78 is 5.00. The van der Waals surface area contributed by atoms with E-state index >= 15 is 0 Å². The maximum absolute atomic E-state index is 14.4. The minimum Gasteiger partial charge on any atom is -0.342 e. The van der Waals surface area contributed by atoms with Crippen LogP contribution in [0.3, 0.4) is 0 Å². The number of rotatable bonds is 9. The molecule has 0 aliphatic heterocycles. The van der Waals surface area contributed by atoms with Gasteiger partial charge in [-0.2, -0.15) is 10.2 Å². The lowest BCUT2D eigenvalue weighted by atomic mass is 10.1. The second-order valence-corrected chi connectivity index (χ2v) is 11.3. The molecule has 0 aliphatic rings. The van der Waals surface area contributed by atoms with Crippen molar-refractivity contribution >= 4 is 22.5 Å². The Labute approximate surface area is 272 Å². The van der Waals surface area contributed by atoms with Crippen LogP contribution in [-0.2, 0) is 13.5 Å². The van der Waals surface area contributed by atoms with Gasteiger partial charge in [-0.3, -0.25) is 18.8 Å². The Morgan fingerprint density at radius 1 is 1.02 bits per heavy atom. The number of carbonyl (C=O) groups excluding carboxylic acids is 1. The highest BCUT2D eigenvalue weighted by Gasteiger charge is 2.24. The van der Waals surface area contributed by atoms with Gasteiger partial charge in [-0.25, -0.2) is 14.5 Å². The normalized spacial score (nSPS) is 12.0. The van der Waals surface area contributed by atoms with Gasteiger partial charge in [0.2, 0.25) is 0 Å². The van der Waals surface area contributed by atoms with Crippen LogP contribution in [0.25, 0.3) is 22.2 Å². The zero-order valence-corrected chi connectivity index (χ0v) is 27.2. The molecule has 47 heavy (non-hydrogen) atoms. The highest BCUT2D eigenvalue weighted by molar-refractivity contribution is 6.01. The fourth-order valence-corrected chi connectivity index (χ4v) is 5.87. The molecular weight excluding hydrogens is 590 g/mol. The molecule has 4 heterocycles. The first-order valence-corrected chi connectivity index (χ1v) is 15.8. The molecule has 1 N–H and O–H groups in total. The van der Waals surface area contributed by atoms with Crippen molar-refractivity contribution in [3.05, 3.63) is 117 Å². The molecule has 1 atom stereocenters. The number of nitrogens with zero attached hydrogens (tertiary/aromatic N) is 8. The van der Waals surface area contributed by atoms with Crippen LogP contribution in [0.1, 0.15) is 65.5 Å². The number of likely N-dealkylation sites (N-methyl/N-ethyl adjacent to an activating group) is 1. The Morgan fingerprint density at radius 3 is 2.55 bits per heavy atom. The van der Waals surface area contributed by atoms with Crippen molar-refractivity contribution in [3.63, 3.8) is 0 Å². The van der Waals surface area contributed by atoms with Crippen LogP contribution in [-0.4, -0.2) is 64.4 Å². The number of amides is 1. The van der Waals surface area contributed by atoms with Crippen LogP contribution in [0.4, 0.5) is 0 Å². The summed E-state index contributed by atoms with van der Waals surface area (Å²) >= 11 is 0. The first-order valence-electron chi connectivity index (χ1n) is 15.8. The van der Waals surface area contributed by atoms with E-state index in [1.54, 1.807) is 46.7 Å². The number of aryl methyl sites for hydroxylation is 2. The van der Waals surface area contributed by atoms with Gasteiger partial charge in [-0.05, 0) is 57.3 Å². The second-order valence-electron chi connectivity index (χ2n) is 11.3. The third kappa shape index (κ3) is 6.15. The molecular formula is C36H37N9O2. The van der Waals surface area contributed by atoms with Gasteiger partial charge in [0.05, 0.1) is 45.8 Å². The molecule has 6 aromatic rings. The monoisotopic (exact) mass is 627 g/mol. The molecule has 2 aromatic carbocycles. The lowest BCUT2D eigenvalue weighted by molar-refractivity contribution is 0.0938. The number of hydrogen-bond acceptors (Lipinski definition) is 7. The van der Waals surface area contributed by atoms with Gasteiger partial charge in [0.25, 0.3) is 11.5 Å². The number of hydrogen-bond donors (Lipinski definition) is 1. The number of carbonyl (C=O) groups is 1. The van der Waals surface area contributed by atoms with Gasteiger partial charge in [-0.1, -0.05) is 50.0 Å². The van der Waals surface area contributed by atoms with Crippen LogP contribution in [0.2, 0.25) is 0 Å². The molecule has 1 amide bonds. The summed E-state index contributed by atoms with van der Waals surface area (Å²) in [5.41, 5.74) is 4.67. The first-order chi connectivity index (χ1) is 22.8. The average molecular weight is 628 g/mol. The molecule has 0 fully saturated rings. The standard InChI is InChI=1S/C36H37N9O2/c1-6-43(7-2)22-19-30-27(23-38-42(30)5)18-17-26-13-11-16-29-32(26)36(47)45(28-14-9-8-10-15-28)33(40-29)25(4)39-35(46)31-24(3)41-44-21-12-20-37-34(31)44/h8-16,20-21,23,25H,6-7,19,22H2,1-5H3,(H,39,46)/t25-/m1/s1. The van der Waals surface area contributed by atoms with E-state index in [2.05, 4.69) is 51.1 Å². The number of para-hydroxylation sites is 1. The van der Waals surface area contributed by atoms with Crippen molar-refractivity contribution < 1.29 is 4.79 Å². The summed E-state index contributed by atoms with van der Waals surface area (Å²) in [5.74, 6) is 6.58. The largest absolute Gasteiger partial charge is 0.342 e. The third-order valence-electron chi connectivity index (χ3n) is 8.42. The van der Waals surface area contributed by atoms with E-state index in [1.807, 2.05) is 61.1 Å². The molecule has 6 rings (SSSR count). The number of fused-ring (bicyclic) bond motifs is 2. The molecule has 0 unspecified atom stereocenters. The van der Waals surface area contributed by atoms with Crippen molar-refractivity contribution in [1.29, 1.82) is 0 Å². The zero-order valence-electron chi connectivity index (χ0n) is 27.2. The van der Waals surface area contributed by atoms with Crippen LogP contribution >= 0.6 is 0 Å². The first kappa shape index (κ1) is 31.4. The van der Waals surface area contributed by atoms with Crippen LogP contribution < -0.4 is 10.9 Å². The van der Waals surface area contributed by atoms with Crippen LogP contribution in [0.5, 0.6) is 0 Å². The van der Waals surface area contributed by atoms with Crippen molar-refractivity contribution in [1.82, 2.24) is 44.1 Å². The van der Waals surface area contributed by atoms with Crippen molar-refractivity contribution in [2.75, 3.05) is 19.6 Å². The SMILES string of the molecule is CCN(CC)CCc1c(C#Cc2cccc3nc([C@@H](C)NC(=O)c4c(C)nn5cccnc45)n(-c4ccccc4)c(=O)c23)cnn1C. The molecule has 11 heteroatoms. The van der Waals surface area contributed by atoms with Crippen molar-refractivity contribution in [3.8, 4) is 17.5 Å². The lowest BCUT2D eigenvalue weighted by Gasteiger charge is -2.20. The van der Waals surface area contributed by atoms with E-state index in [9.17, 15) is 9.59 Å². The van der Waals surface area contributed by atoms with Gasteiger partial charge < -0.3 is 10.2 Å². The maximum atomic E-state index is 14.4. The predicted octanol–water partition coefficient (Wildman–Crippen LogP) is 4.25. The highest BCUT2D eigenvalue weighted by Crippen LogP contribution is 2.22.